The van der Waals surface area contributed by atoms with Gasteiger partial charge in [-0.2, -0.15) is 4.98 Å². The molecule has 3 aromatic heterocycles. The molecule has 3 aromatic rings. The van der Waals surface area contributed by atoms with Crippen LogP contribution in [0.15, 0.2) is 16.7 Å². The summed E-state index contributed by atoms with van der Waals surface area (Å²) in [7, 11) is 0. The molecule has 0 spiro atoms. The Hall–Kier alpha value is -2.12. The quantitative estimate of drug-likeness (QED) is 0.710. The number of rotatable bonds is 2. The zero-order valence-corrected chi connectivity index (χ0v) is 14.5. The van der Waals surface area contributed by atoms with Crippen molar-refractivity contribution < 1.29 is 9.26 Å². The Kier molecular flexibility index (Phi) is 3.69. The summed E-state index contributed by atoms with van der Waals surface area (Å²) < 4.78 is 12.6. The average Bonchev–Trinajstić information content (AvgIpc) is 3.10. The van der Waals surface area contributed by atoms with Gasteiger partial charge in [0.15, 0.2) is 5.82 Å². The van der Waals surface area contributed by atoms with Gasteiger partial charge in [-0.15, -0.1) is 5.10 Å². The van der Waals surface area contributed by atoms with Crippen molar-refractivity contribution in [1.29, 1.82) is 0 Å². The Balaban J connectivity index is 1.92. The lowest BCUT2D eigenvalue weighted by Crippen LogP contribution is -2.44. The van der Waals surface area contributed by atoms with Crippen LogP contribution in [0.4, 0.5) is 5.82 Å². The summed E-state index contributed by atoms with van der Waals surface area (Å²) in [6.07, 6.45) is 0. The normalized spacial score (nSPS) is 18.5. The van der Waals surface area contributed by atoms with Gasteiger partial charge in [-0.05, 0) is 44.5 Å². The molecule has 0 amide bonds. The lowest BCUT2D eigenvalue weighted by molar-refractivity contribution is 0.0986. The van der Waals surface area contributed by atoms with E-state index in [1.54, 1.807) is 0 Å². The van der Waals surface area contributed by atoms with Gasteiger partial charge in [0.25, 0.3) is 0 Å². The van der Waals surface area contributed by atoms with Gasteiger partial charge in [0.1, 0.15) is 11.3 Å². The van der Waals surface area contributed by atoms with Crippen LogP contribution < -0.4 is 4.90 Å². The molecule has 0 saturated carbocycles. The fourth-order valence-corrected chi connectivity index (χ4v) is 3.40. The van der Waals surface area contributed by atoms with Crippen LogP contribution in [0.5, 0.6) is 0 Å². The lowest BCUT2D eigenvalue weighted by atomic mass is 10.1. The van der Waals surface area contributed by atoms with E-state index in [0.717, 1.165) is 40.6 Å². The molecule has 8 heteroatoms. The molecular formula is C16H18ClN5O2. The Morgan fingerprint density at radius 2 is 2.12 bits per heavy atom. The van der Waals surface area contributed by atoms with E-state index in [0.29, 0.717) is 13.2 Å². The second-order valence-corrected chi connectivity index (χ2v) is 6.37. The van der Waals surface area contributed by atoms with Crippen LogP contribution >= 0.6 is 11.6 Å². The fourth-order valence-electron chi connectivity index (χ4n) is 3.25. The van der Waals surface area contributed by atoms with Crippen LogP contribution in [-0.4, -0.2) is 45.6 Å². The van der Waals surface area contributed by atoms with Crippen LogP contribution in [0.3, 0.4) is 0 Å². The van der Waals surface area contributed by atoms with E-state index in [-0.39, 0.29) is 11.3 Å². The van der Waals surface area contributed by atoms with Gasteiger partial charge in [0, 0.05) is 6.54 Å². The largest absolute Gasteiger partial charge is 0.377 e. The Morgan fingerprint density at radius 3 is 2.83 bits per heavy atom. The van der Waals surface area contributed by atoms with Crippen molar-refractivity contribution >= 4 is 22.9 Å². The molecule has 0 bridgehead atoms. The zero-order chi connectivity index (χ0) is 16.8. The number of fused-ring (bicyclic) bond motifs is 1. The third-order valence-electron chi connectivity index (χ3n) is 4.39. The smallest absolute Gasteiger partial charge is 0.243 e. The van der Waals surface area contributed by atoms with Gasteiger partial charge in [-0.3, -0.25) is 0 Å². The number of halogens is 1. The number of aromatic nitrogens is 4. The number of hydrogen-bond acceptors (Lipinski definition) is 6. The molecule has 4 heterocycles. The number of aryl methyl sites for hydroxylation is 2. The van der Waals surface area contributed by atoms with E-state index in [4.69, 9.17) is 20.9 Å². The first-order valence-corrected chi connectivity index (χ1v) is 8.27. The van der Waals surface area contributed by atoms with Gasteiger partial charge in [-0.25, -0.2) is 4.52 Å². The number of hydrogen-bond donors (Lipinski definition) is 0. The molecule has 1 saturated heterocycles. The standard InChI is InChI=1S/C16H18ClN5O2/c1-9-8-23-7-6-21(9)15-13-5-4-12(22(13)19-16(17)18-15)14-10(2)20-24-11(14)3/h4-5,9H,6-8H2,1-3H3. The highest BCUT2D eigenvalue weighted by molar-refractivity contribution is 6.28. The van der Waals surface area contributed by atoms with Crippen LogP contribution in [0.2, 0.25) is 5.28 Å². The van der Waals surface area contributed by atoms with Crippen molar-refractivity contribution in [2.45, 2.75) is 26.8 Å². The third kappa shape index (κ3) is 2.35. The Bertz CT molecular complexity index is 884. The minimum absolute atomic E-state index is 0.209. The molecule has 7 nitrogen and oxygen atoms in total. The predicted molar refractivity (Wildman–Crippen MR) is 90.6 cm³/mol. The van der Waals surface area contributed by atoms with Crippen LogP contribution in [0.1, 0.15) is 18.4 Å². The van der Waals surface area contributed by atoms with E-state index in [1.807, 2.05) is 30.5 Å². The highest BCUT2D eigenvalue weighted by Crippen LogP contribution is 2.32. The van der Waals surface area contributed by atoms with E-state index in [2.05, 4.69) is 27.1 Å². The van der Waals surface area contributed by atoms with Gasteiger partial charge < -0.3 is 14.2 Å². The van der Waals surface area contributed by atoms with Crippen molar-refractivity contribution in [2.24, 2.45) is 0 Å². The number of morpholine rings is 1. The number of ether oxygens (including phenoxy) is 1. The van der Waals surface area contributed by atoms with Gasteiger partial charge in [-0.1, -0.05) is 5.16 Å². The SMILES string of the molecule is Cc1noc(C)c1-c1ccc2c(N3CCOCC3C)nc(Cl)nn12. The first-order valence-electron chi connectivity index (χ1n) is 7.89. The monoisotopic (exact) mass is 347 g/mol. The van der Waals surface area contributed by atoms with E-state index in [9.17, 15) is 0 Å². The minimum Gasteiger partial charge on any atom is -0.377 e. The summed E-state index contributed by atoms with van der Waals surface area (Å²) in [5, 5.41) is 8.64. The summed E-state index contributed by atoms with van der Waals surface area (Å²) in [5.41, 5.74) is 3.56. The molecule has 0 radical (unpaired) electrons. The maximum absolute atomic E-state index is 6.22. The molecule has 126 valence electrons. The third-order valence-corrected chi connectivity index (χ3v) is 4.55. The van der Waals surface area contributed by atoms with Gasteiger partial charge >= 0.3 is 0 Å². The minimum atomic E-state index is 0.209. The molecule has 1 aliphatic heterocycles. The van der Waals surface area contributed by atoms with Crippen molar-refractivity contribution in [3.8, 4) is 11.3 Å². The van der Waals surface area contributed by atoms with Crippen molar-refractivity contribution in [1.82, 2.24) is 19.8 Å². The first-order chi connectivity index (χ1) is 11.6. The zero-order valence-electron chi connectivity index (χ0n) is 13.8. The summed E-state index contributed by atoms with van der Waals surface area (Å²) >= 11 is 6.22. The van der Waals surface area contributed by atoms with Crippen LogP contribution in [-0.2, 0) is 4.74 Å². The average molecular weight is 348 g/mol. The topological polar surface area (TPSA) is 68.7 Å². The van der Waals surface area contributed by atoms with Crippen LogP contribution in [0.25, 0.3) is 16.8 Å². The maximum Gasteiger partial charge on any atom is 0.243 e. The maximum atomic E-state index is 6.22. The lowest BCUT2D eigenvalue weighted by Gasteiger charge is -2.34. The van der Waals surface area contributed by atoms with Crippen molar-refractivity contribution in [3.63, 3.8) is 0 Å². The molecular weight excluding hydrogens is 330 g/mol. The molecule has 1 aliphatic rings. The molecule has 24 heavy (non-hydrogen) atoms. The van der Waals surface area contributed by atoms with E-state index >= 15 is 0 Å². The highest BCUT2D eigenvalue weighted by Gasteiger charge is 2.25. The Morgan fingerprint density at radius 1 is 1.29 bits per heavy atom. The first kappa shape index (κ1) is 15.4. The van der Waals surface area contributed by atoms with Crippen molar-refractivity contribution in [3.05, 3.63) is 28.9 Å². The summed E-state index contributed by atoms with van der Waals surface area (Å²) in [5.74, 6) is 1.58. The van der Waals surface area contributed by atoms with Gasteiger partial charge in [0.05, 0.1) is 36.2 Å². The molecule has 0 N–H and O–H groups in total. The van der Waals surface area contributed by atoms with E-state index < -0.39 is 0 Å². The summed E-state index contributed by atoms with van der Waals surface area (Å²) in [6.45, 7) is 8.04. The second kappa shape index (κ2) is 5.75. The van der Waals surface area contributed by atoms with Crippen molar-refractivity contribution in [2.75, 3.05) is 24.7 Å². The molecule has 4 rings (SSSR count). The van der Waals surface area contributed by atoms with Crippen LogP contribution in [0, 0.1) is 13.8 Å². The molecule has 0 aromatic carbocycles. The second-order valence-electron chi connectivity index (χ2n) is 6.04. The molecule has 1 unspecified atom stereocenters. The summed E-state index contributed by atoms with van der Waals surface area (Å²) in [4.78, 5) is 6.69. The van der Waals surface area contributed by atoms with Gasteiger partial charge in [0.2, 0.25) is 5.28 Å². The fraction of sp³-hybridized carbons (Fsp3) is 0.438. The Labute approximate surface area is 144 Å². The number of anilines is 1. The number of nitrogens with zero attached hydrogens (tertiary/aromatic N) is 5. The molecule has 0 aliphatic carbocycles. The highest BCUT2D eigenvalue weighted by atomic mass is 35.5. The summed E-state index contributed by atoms with van der Waals surface area (Å²) in [6, 6.07) is 4.24. The predicted octanol–water partition coefficient (Wildman–Crippen LogP) is 2.88. The molecule has 1 fully saturated rings. The molecule has 1 atom stereocenters. The van der Waals surface area contributed by atoms with E-state index in [1.165, 1.54) is 0 Å².